The Bertz CT molecular complexity index is 429. The van der Waals surface area contributed by atoms with E-state index in [1.165, 1.54) is 0 Å². The van der Waals surface area contributed by atoms with Crippen LogP contribution in [0.5, 0.6) is 5.75 Å². The van der Waals surface area contributed by atoms with Gasteiger partial charge in [0.1, 0.15) is 5.75 Å². The van der Waals surface area contributed by atoms with E-state index in [0.29, 0.717) is 25.4 Å². The van der Waals surface area contributed by atoms with Gasteiger partial charge in [-0.3, -0.25) is 4.79 Å². The average Bonchev–Trinajstić information content (AvgIpc) is 3.27. The van der Waals surface area contributed by atoms with E-state index in [1.807, 2.05) is 29.2 Å². The summed E-state index contributed by atoms with van der Waals surface area (Å²) in [4.78, 5) is 14.1. The molecule has 0 aromatic heterocycles. The lowest BCUT2D eigenvalue weighted by atomic mass is 10.1. The van der Waals surface area contributed by atoms with Crippen LogP contribution in [0.25, 0.3) is 0 Å². The number of carbonyl (C=O) groups excluding carboxylic acids is 1. The molecule has 4 nitrogen and oxygen atoms in total. The van der Waals surface area contributed by atoms with Gasteiger partial charge in [0, 0.05) is 31.2 Å². The summed E-state index contributed by atoms with van der Waals surface area (Å²) < 4.78 is 5.33. The van der Waals surface area contributed by atoms with Gasteiger partial charge >= 0.3 is 0 Å². The van der Waals surface area contributed by atoms with E-state index in [4.69, 9.17) is 9.84 Å². The minimum atomic E-state index is 0.0684. The smallest absolute Gasteiger partial charge is 0.223 e. The van der Waals surface area contributed by atoms with Gasteiger partial charge in [-0.2, -0.15) is 0 Å². The second-order valence-electron chi connectivity index (χ2n) is 4.89. The van der Waals surface area contributed by atoms with Gasteiger partial charge in [0.25, 0.3) is 0 Å². The Morgan fingerprint density at radius 2 is 2.16 bits per heavy atom. The summed E-state index contributed by atoms with van der Waals surface area (Å²) in [7, 11) is 1.65. The highest BCUT2D eigenvalue weighted by Gasteiger charge is 2.32. The molecule has 1 aliphatic carbocycles. The number of ether oxygens (including phenoxy) is 1. The topological polar surface area (TPSA) is 49.8 Å². The summed E-state index contributed by atoms with van der Waals surface area (Å²) in [6, 6.07) is 8.17. The van der Waals surface area contributed by atoms with Crippen molar-refractivity contribution < 1.29 is 14.6 Å². The molecule has 1 amide bonds. The molecule has 0 radical (unpaired) electrons. The van der Waals surface area contributed by atoms with Gasteiger partial charge < -0.3 is 14.7 Å². The van der Waals surface area contributed by atoms with Gasteiger partial charge in [-0.25, -0.2) is 0 Å². The highest BCUT2D eigenvalue weighted by Crippen LogP contribution is 2.31. The van der Waals surface area contributed by atoms with E-state index in [-0.39, 0.29) is 12.5 Å². The quantitative estimate of drug-likeness (QED) is 0.818. The second-order valence-corrected chi connectivity index (χ2v) is 4.89. The number of carbonyl (C=O) groups is 1. The number of rotatable bonds is 7. The molecule has 1 aromatic rings. The van der Waals surface area contributed by atoms with Crippen LogP contribution in [-0.4, -0.2) is 35.7 Å². The van der Waals surface area contributed by atoms with Crippen LogP contribution in [0.1, 0.15) is 31.2 Å². The fourth-order valence-electron chi connectivity index (χ4n) is 2.20. The van der Waals surface area contributed by atoms with Gasteiger partial charge in [-0.15, -0.1) is 0 Å². The summed E-state index contributed by atoms with van der Waals surface area (Å²) in [5.74, 6) is 0.950. The van der Waals surface area contributed by atoms with Crippen LogP contribution in [0.4, 0.5) is 0 Å². The molecule has 1 N–H and O–H groups in total. The standard InChI is InChI=1S/C15H21NO3/c1-19-14-6-3-2-5-12(14)11-16(13-8-9-13)15(18)7-4-10-17/h2-3,5-6,13,17H,4,7-11H2,1H3. The number of aliphatic hydroxyl groups is 1. The maximum absolute atomic E-state index is 12.2. The summed E-state index contributed by atoms with van der Waals surface area (Å²) >= 11 is 0. The Morgan fingerprint density at radius 1 is 1.42 bits per heavy atom. The van der Waals surface area contributed by atoms with Gasteiger partial charge in [0.05, 0.1) is 7.11 Å². The van der Waals surface area contributed by atoms with Crippen molar-refractivity contribution in [1.82, 2.24) is 4.90 Å². The largest absolute Gasteiger partial charge is 0.496 e. The third-order valence-corrected chi connectivity index (χ3v) is 3.39. The molecule has 0 heterocycles. The molecule has 1 aliphatic rings. The van der Waals surface area contributed by atoms with Crippen molar-refractivity contribution in [2.45, 2.75) is 38.3 Å². The Hall–Kier alpha value is -1.55. The van der Waals surface area contributed by atoms with Crippen molar-refractivity contribution in [3.8, 4) is 5.75 Å². The van der Waals surface area contributed by atoms with Crippen LogP contribution < -0.4 is 4.74 Å². The van der Waals surface area contributed by atoms with Gasteiger partial charge in [-0.05, 0) is 25.3 Å². The number of amides is 1. The molecule has 4 heteroatoms. The third kappa shape index (κ3) is 3.70. The molecule has 104 valence electrons. The van der Waals surface area contributed by atoms with Crippen molar-refractivity contribution in [3.63, 3.8) is 0 Å². The summed E-state index contributed by atoms with van der Waals surface area (Å²) in [5, 5.41) is 8.83. The summed E-state index contributed by atoms with van der Waals surface area (Å²) in [6.45, 7) is 0.665. The normalized spacial score (nSPS) is 14.2. The Kier molecular flexibility index (Phi) is 4.80. The maximum Gasteiger partial charge on any atom is 0.223 e. The molecular weight excluding hydrogens is 242 g/mol. The number of methoxy groups -OCH3 is 1. The highest BCUT2D eigenvalue weighted by molar-refractivity contribution is 5.77. The van der Waals surface area contributed by atoms with Crippen molar-refractivity contribution in [1.29, 1.82) is 0 Å². The van der Waals surface area contributed by atoms with Crippen molar-refractivity contribution in [2.75, 3.05) is 13.7 Å². The molecule has 0 saturated heterocycles. The predicted octanol–water partition coefficient (Wildman–Crippen LogP) is 1.96. The average molecular weight is 263 g/mol. The zero-order valence-electron chi connectivity index (χ0n) is 11.3. The maximum atomic E-state index is 12.2. The van der Waals surface area contributed by atoms with E-state index in [0.717, 1.165) is 24.2 Å². The lowest BCUT2D eigenvalue weighted by Gasteiger charge is -2.23. The van der Waals surface area contributed by atoms with E-state index < -0.39 is 0 Å². The summed E-state index contributed by atoms with van der Waals surface area (Å²) in [5.41, 5.74) is 1.04. The van der Waals surface area contributed by atoms with Crippen molar-refractivity contribution in [2.24, 2.45) is 0 Å². The predicted molar refractivity (Wildman–Crippen MR) is 72.9 cm³/mol. The molecule has 2 rings (SSSR count). The first kappa shape index (κ1) is 13.9. The molecule has 1 saturated carbocycles. The molecule has 0 spiro atoms. The Balaban J connectivity index is 2.06. The van der Waals surface area contributed by atoms with Crippen LogP contribution in [-0.2, 0) is 11.3 Å². The first-order valence-corrected chi connectivity index (χ1v) is 6.78. The SMILES string of the molecule is COc1ccccc1CN(C(=O)CCCO)C1CC1. The number of hydrogen-bond donors (Lipinski definition) is 1. The molecular formula is C15H21NO3. The van der Waals surface area contributed by atoms with E-state index in [2.05, 4.69) is 0 Å². The van der Waals surface area contributed by atoms with E-state index in [1.54, 1.807) is 7.11 Å². The van der Waals surface area contributed by atoms with E-state index >= 15 is 0 Å². The van der Waals surface area contributed by atoms with Gasteiger partial charge in [0.15, 0.2) is 0 Å². The molecule has 0 unspecified atom stereocenters. The van der Waals surface area contributed by atoms with Crippen molar-refractivity contribution in [3.05, 3.63) is 29.8 Å². The zero-order valence-corrected chi connectivity index (χ0v) is 11.3. The first-order chi connectivity index (χ1) is 9.26. The fraction of sp³-hybridized carbons (Fsp3) is 0.533. The minimum absolute atomic E-state index is 0.0684. The highest BCUT2D eigenvalue weighted by atomic mass is 16.5. The Labute approximate surface area is 114 Å². The molecule has 0 aliphatic heterocycles. The minimum Gasteiger partial charge on any atom is -0.496 e. The van der Waals surface area contributed by atoms with E-state index in [9.17, 15) is 4.79 Å². The van der Waals surface area contributed by atoms with Crippen LogP contribution in [0.3, 0.4) is 0 Å². The number of nitrogens with zero attached hydrogens (tertiary/aromatic N) is 1. The monoisotopic (exact) mass is 263 g/mol. The van der Waals surface area contributed by atoms with Crippen LogP contribution in [0.15, 0.2) is 24.3 Å². The van der Waals surface area contributed by atoms with Crippen LogP contribution >= 0.6 is 0 Å². The molecule has 19 heavy (non-hydrogen) atoms. The van der Waals surface area contributed by atoms with Gasteiger partial charge in [0.2, 0.25) is 5.91 Å². The number of aliphatic hydroxyl groups excluding tert-OH is 1. The van der Waals surface area contributed by atoms with Gasteiger partial charge in [-0.1, -0.05) is 18.2 Å². The molecule has 1 fully saturated rings. The molecule has 0 atom stereocenters. The summed E-state index contributed by atoms with van der Waals surface area (Å²) in [6.07, 6.45) is 3.12. The number of para-hydroxylation sites is 1. The lowest BCUT2D eigenvalue weighted by molar-refractivity contribution is -0.132. The van der Waals surface area contributed by atoms with Crippen LogP contribution in [0.2, 0.25) is 0 Å². The Morgan fingerprint density at radius 3 is 2.79 bits per heavy atom. The zero-order chi connectivity index (χ0) is 13.7. The molecule has 1 aromatic carbocycles. The third-order valence-electron chi connectivity index (χ3n) is 3.39. The van der Waals surface area contributed by atoms with Crippen molar-refractivity contribution >= 4 is 5.91 Å². The molecule has 0 bridgehead atoms. The second kappa shape index (κ2) is 6.57. The number of hydrogen-bond acceptors (Lipinski definition) is 3. The first-order valence-electron chi connectivity index (χ1n) is 6.78. The number of benzene rings is 1. The van der Waals surface area contributed by atoms with Crippen LogP contribution in [0, 0.1) is 0 Å². The lowest BCUT2D eigenvalue weighted by Crippen LogP contribution is -2.32. The fourth-order valence-corrected chi connectivity index (χ4v) is 2.20.